The van der Waals surface area contributed by atoms with Crippen LogP contribution < -0.4 is 5.32 Å². The molecule has 1 aliphatic rings. The summed E-state index contributed by atoms with van der Waals surface area (Å²) >= 11 is 9.36. The maximum atomic E-state index is 6.00. The molecule has 1 aromatic carbocycles. The van der Waals surface area contributed by atoms with Gasteiger partial charge in [-0.25, -0.2) is 0 Å². The molecule has 1 saturated heterocycles. The lowest BCUT2D eigenvalue weighted by molar-refractivity contribution is 0.187. The Kier molecular flexibility index (Phi) is 3.89. The molecule has 1 aliphatic heterocycles. The van der Waals surface area contributed by atoms with Gasteiger partial charge < -0.3 is 10.1 Å². The van der Waals surface area contributed by atoms with Gasteiger partial charge >= 0.3 is 0 Å². The fraction of sp³-hybridized carbons (Fsp3) is 0.455. The van der Waals surface area contributed by atoms with Crippen LogP contribution in [0.5, 0.6) is 0 Å². The number of ether oxygens (including phenoxy) is 1. The van der Waals surface area contributed by atoms with E-state index in [2.05, 4.69) is 21.2 Å². The number of hydrogen-bond acceptors (Lipinski definition) is 2. The van der Waals surface area contributed by atoms with Crippen molar-refractivity contribution in [2.45, 2.75) is 6.42 Å². The zero-order valence-electron chi connectivity index (χ0n) is 8.30. The number of rotatable bonds is 3. The van der Waals surface area contributed by atoms with E-state index in [-0.39, 0.29) is 0 Å². The maximum Gasteiger partial charge on any atom is 0.0568 e. The third-order valence-corrected chi connectivity index (χ3v) is 3.77. The van der Waals surface area contributed by atoms with E-state index in [1.54, 1.807) is 0 Å². The second-order valence-electron chi connectivity index (χ2n) is 3.74. The van der Waals surface area contributed by atoms with Crippen LogP contribution in [0.1, 0.15) is 6.42 Å². The number of halogens is 2. The molecule has 1 heterocycles. The Labute approximate surface area is 103 Å². The van der Waals surface area contributed by atoms with Crippen LogP contribution in [0.4, 0.5) is 5.69 Å². The van der Waals surface area contributed by atoms with Gasteiger partial charge in [0.05, 0.1) is 11.6 Å². The normalized spacial score (nSPS) is 20.5. The van der Waals surface area contributed by atoms with Gasteiger partial charge in [0, 0.05) is 29.2 Å². The molecule has 0 amide bonds. The molecular weight excluding hydrogens is 277 g/mol. The molecule has 15 heavy (non-hydrogen) atoms. The molecule has 4 heteroatoms. The van der Waals surface area contributed by atoms with Crippen LogP contribution in [0.15, 0.2) is 22.7 Å². The standard InChI is InChI=1S/C11H13BrClNO/c12-10-2-1-9(5-11(10)13)14-6-8-3-4-15-7-8/h1-2,5,8,14H,3-4,6-7H2. The molecule has 0 bridgehead atoms. The van der Waals surface area contributed by atoms with E-state index >= 15 is 0 Å². The van der Waals surface area contributed by atoms with Gasteiger partial charge in [-0.1, -0.05) is 11.6 Å². The predicted octanol–water partition coefficient (Wildman–Crippen LogP) is 3.55. The van der Waals surface area contributed by atoms with E-state index in [4.69, 9.17) is 16.3 Å². The first-order chi connectivity index (χ1) is 7.25. The summed E-state index contributed by atoms with van der Waals surface area (Å²) in [6.45, 7) is 2.72. The van der Waals surface area contributed by atoms with Gasteiger partial charge in [-0.3, -0.25) is 0 Å². The molecule has 82 valence electrons. The largest absolute Gasteiger partial charge is 0.385 e. The molecule has 0 radical (unpaired) electrons. The minimum Gasteiger partial charge on any atom is -0.385 e. The summed E-state index contributed by atoms with van der Waals surface area (Å²) in [6.07, 6.45) is 1.15. The fourth-order valence-electron chi connectivity index (χ4n) is 1.61. The van der Waals surface area contributed by atoms with E-state index in [0.717, 1.165) is 41.4 Å². The summed E-state index contributed by atoms with van der Waals surface area (Å²) in [5, 5.41) is 4.11. The van der Waals surface area contributed by atoms with E-state index in [0.29, 0.717) is 5.92 Å². The van der Waals surface area contributed by atoms with E-state index in [1.165, 1.54) is 0 Å². The van der Waals surface area contributed by atoms with Crippen molar-refractivity contribution >= 4 is 33.2 Å². The monoisotopic (exact) mass is 289 g/mol. The molecule has 1 N–H and O–H groups in total. The molecule has 0 saturated carbocycles. The third kappa shape index (κ3) is 3.10. The van der Waals surface area contributed by atoms with Gasteiger partial charge in [-0.15, -0.1) is 0 Å². The van der Waals surface area contributed by atoms with Crippen LogP contribution in [0.25, 0.3) is 0 Å². The number of anilines is 1. The number of benzene rings is 1. The molecule has 0 aliphatic carbocycles. The van der Waals surface area contributed by atoms with Gasteiger partial charge in [0.25, 0.3) is 0 Å². The van der Waals surface area contributed by atoms with Crippen molar-refractivity contribution in [1.82, 2.24) is 0 Å². The Hall–Kier alpha value is -0.250. The highest BCUT2D eigenvalue weighted by atomic mass is 79.9. The van der Waals surface area contributed by atoms with Crippen molar-refractivity contribution in [2.24, 2.45) is 5.92 Å². The molecular formula is C11H13BrClNO. The molecule has 1 fully saturated rings. The molecule has 0 spiro atoms. The number of nitrogens with one attached hydrogen (secondary N) is 1. The first kappa shape index (κ1) is 11.2. The van der Waals surface area contributed by atoms with Crippen LogP contribution in [0.2, 0.25) is 5.02 Å². The average molecular weight is 291 g/mol. The molecule has 2 nitrogen and oxygen atoms in total. The highest BCUT2D eigenvalue weighted by molar-refractivity contribution is 9.10. The first-order valence-corrected chi connectivity index (χ1v) is 6.19. The summed E-state index contributed by atoms with van der Waals surface area (Å²) in [4.78, 5) is 0. The van der Waals surface area contributed by atoms with Crippen molar-refractivity contribution in [1.29, 1.82) is 0 Å². The summed E-state index contributed by atoms with van der Waals surface area (Å²) in [7, 11) is 0. The summed E-state index contributed by atoms with van der Waals surface area (Å²) in [5.74, 6) is 0.632. The van der Waals surface area contributed by atoms with Crippen LogP contribution >= 0.6 is 27.5 Å². The van der Waals surface area contributed by atoms with Gasteiger partial charge in [-0.2, -0.15) is 0 Å². The Morgan fingerprint density at radius 2 is 2.40 bits per heavy atom. The minimum atomic E-state index is 0.632. The van der Waals surface area contributed by atoms with E-state index in [9.17, 15) is 0 Å². The second-order valence-corrected chi connectivity index (χ2v) is 5.00. The van der Waals surface area contributed by atoms with E-state index in [1.807, 2.05) is 18.2 Å². The fourth-order valence-corrected chi connectivity index (χ4v) is 2.04. The smallest absolute Gasteiger partial charge is 0.0568 e. The average Bonchev–Trinajstić information content (AvgIpc) is 2.73. The van der Waals surface area contributed by atoms with Crippen molar-refractivity contribution in [2.75, 3.05) is 25.1 Å². The quantitative estimate of drug-likeness (QED) is 0.919. The second kappa shape index (κ2) is 5.19. The summed E-state index contributed by atoms with van der Waals surface area (Å²) in [5.41, 5.74) is 1.06. The van der Waals surface area contributed by atoms with Crippen molar-refractivity contribution < 1.29 is 4.74 Å². The highest BCUT2D eigenvalue weighted by Crippen LogP contribution is 2.25. The lowest BCUT2D eigenvalue weighted by Gasteiger charge is -2.11. The Morgan fingerprint density at radius 1 is 1.53 bits per heavy atom. The Bertz CT molecular complexity index is 339. The topological polar surface area (TPSA) is 21.3 Å². The first-order valence-electron chi connectivity index (χ1n) is 5.02. The molecule has 1 aromatic rings. The lowest BCUT2D eigenvalue weighted by Crippen LogP contribution is -2.13. The van der Waals surface area contributed by atoms with Crippen LogP contribution in [0, 0.1) is 5.92 Å². The highest BCUT2D eigenvalue weighted by Gasteiger charge is 2.14. The van der Waals surface area contributed by atoms with Gasteiger partial charge in [-0.05, 0) is 40.5 Å². The van der Waals surface area contributed by atoms with E-state index < -0.39 is 0 Å². The molecule has 1 atom stereocenters. The Morgan fingerprint density at radius 3 is 3.07 bits per heavy atom. The number of hydrogen-bond donors (Lipinski definition) is 1. The summed E-state index contributed by atoms with van der Waals surface area (Å²) < 4.78 is 6.24. The molecule has 0 aromatic heterocycles. The maximum absolute atomic E-state index is 6.00. The van der Waals surface area contributed by atoms with Crippen molar-refractivity contribution in [3.63, 3.8) is 0 Å². The van der Waals surface area contributed by atoms with Gasteiger partial charge in [0.2, 0.25) is 0 Å². The SMILES string of the molecule is Clc1cc(NCC2CCOC2)ccc1Br. The van der Waals surface area contributed by atoms with Crippen LogP contribution in [-0.4, -0.2) is 19.8 Å². The molecule has 1 unspecified atom stereocenters. The van der Waals surface area contributed by atoms with Crippen molar-refractivity contribution in [3.05, 3.63) is 27.7 Å². The van der Waals surface area contributed by atoms with Crippen LogP contribution in [-0.2, 0) is 4.74 Å². The zero-order valence-corrected chi connectivity index (χ0v) is 10.6. The van der Waals surface area contributed by atoms with Gasteiger partial charge in [0.1, 0.15) is 0 Å². The zero-order chi connectivity index (χ0) is 10.7. The third-order valence-electron chi connectivity index (χ3n) is 2.54. The lowest BCUT2D eigenvalue weighted by atomic mass is 10.1. The predicted molar refractivity (Wildman–Crippen MR) is 66.6 cm³/mol. The molecule has 2 rings (SSSR count). The Balaban J connectivity index is 1.90. The minimum absolute atomic E-state index is 0.632. The summed E-state index contributed by atoms with van der Waals surface area (Å²) in [6, 6.07) is 5.91. The van der Waals surface area contributed by atoms with Gasteiger partial charge in [0.15, 0.2) is 0 Å². The van der Waals surface area contributed by atoms with Crippen molar-refractivity contribution in [3.8, 4) is 0 Å². The van der Waals surface area contributed by atoms with Crippen LogP contribution in [0.3, 0.4) is 0 Å².